The van der Waals surface area contributed by atoms with Crippen molar-refractivity contribution in [3.05, 3.63) is 0 Å². The Morgan fingerprint density at radius 2 is 2.13 bits per heavy atom. The van der Waals surface area contributed by atoms with E-state index in [-0.39, 0.29) is 17.5 Å². The molecule has 0 aromatic rings. The molecule has 3 atom stereocenters. The Bertz CT molecular complexity index is 330. The van der Waals surface area contributed by atoms with Crippen LogP contribution in [0.4, 0.5) is 0 Å². The fourth-order valence-electron chi connectivity index (χ4n) is 2.42. The monoisotopic (exact) mass is 234 g/mol. The molecule has 2 saturated heterocycles. The van der Waals surface area contributed by atoms with Crippen molar-refractivity contribution in [3.8, 4) is 0 Å². The molecule has 2 fully saturated rings. The lowest BCUT2D eigenvalue weighted by Crippen LogP contribution is -2.55. The third-order valence-corrected chi connectivity index (χ3v) is 4.86. The van der Waals surface area contributed by atoms with Crippen molar-refractivity contribution in [3.63, 3.8) is 0 Å². The first kappa shape index (κ1) is 11.3. The molecule has 0 spiro atoms. The van der Waals surface area contributed by atoms with Crippen LogP contribution in [-0.2, 0) is 9.84 Å². The smallest absolute Gasteiger partial charge is 0.154 e. The highest BCUT2D eigenvalue weighted by atomic mass is 32.2. The number of rotatable bonds is 1. The van der Waals surface area contributed by atoms with Gasteiger partial charge in [0, 0.05) is 25.7 Å². The van der Waals surface area contributed by atoms with Gasteiger partial charge in [-0.05, 0) is 6.92 Å². The van der Waals surface area contributed by atoms with Gasteiger partial charge in [-0.3, -0.25) is 4.90 Å². The summed E-state index contributed by atoms with van der Waals surface area (Å²) in [5.74, 6) is 0.0386. The topological polar surface area (TPSA) is 69.6 Å². The predicted octanol–water partition coefficient (Wildman–Crippen LogP) is -1.56. The van der Waals surface area contributed by atoms with Crippen LogP contribution in [0.3, 0.4) is 0 Å². The lowest BCUT2D eigenvalue weighted by molar-refractivity contribution is 0.0655. The zero-order valence-corrected chi connectivity index (χ0v) is 9.70. The summed E-state index contributed by atoms with van der Waals surface area (Å²) in [6, 6.07) is 0.175. The van der Waals surface area contributed by atoms with Gasteiger partial charge in [-0.1, -0.05) is 0 Å². The molecule has 2 N–H and O–H groups in total. The summed E-state index contributed by atoms with van der Waals surface area (Å²) in [6.07, 6.45) is -0.708. The normalized spacial score (nSPS) is 41.9. The maximum Gasteiger partial charge on any atom is 0.154 e. The minimum absolute atomic E-state index is 0.0734. The summed E-state index contributed by atoms with van der Waals surface area (Å²) in [5.41, 5.74) is 0. The van der Waals surface area contributed by atoms with Gasteiger partial charge in [0.2, 0.25) is 0 Å². The van der Waals surface area contributed by atoms with Crippen LogP contribution in [-0.4, -0.2) is 67.8 Å². The summed E-state index contributed by atoms with van der Waals surface area (Å²) < 4.78 is 22.7. The van der Waals surface area contributed by atoms with Gasteiger partial charge in [0.1, 0.15) is 0 Å². The molecule has 0 aromatic heterocycles. The highest BCUT2D eigenvalue weighted by Crippen LogP contribution is 2.19. The van der Waals surface area contributed by atoms with Gasteiger partial charge < -0.3 is 10.4 Å². The fourth-order valence-corrected chi connectivity index (χ4v) is 4.25. The molecule has 88 valence electrons. The van der Waals surface area contributed by atoms with Crippen LogP contribution in [0.2, 0.25) is 0 Å². The number of aliphatic hydroxyl groups excluding tert-OH is 1. The van der Waals surface area contributed by atoms with Crippen molar-refractivity contribution in [1.29, 1.82) is 0 Å². The third-order valence-electron chi connectivity index (χ3n) is 3.16. The van der Waals surface area contributed by atoms with Crippen LogP contribution in [0.1, 0.15) is 6.92 Å². The van der Waals surface area contributed by atoms with Crippen molar-refractivity contribution >= 4 is 9.84 Å². The summed E-state index contributed by atoms with van der Waals surface area (Å²) in [4.78, 5) is 2.09. The molecule has 0 radical (unpaired) electrons. The molecule has 2 heterocycles. The van der Waals surface area contributed by atoms with E-state index in [0.29, 0.717) is 6.04 Å². The van der Waals surface area contributed by atoms with E-state index in [4.69, 9.17) is 0 Å². The fraction of sp³-hybridized carbons (Fsp3) is 1.00. The van der Waals surface area contributed by atoms with Crippen LogP contribution < -0.4 is 5.32 Å². The van der Waals surface area contributed by atoms with E-state index in [1.807, 2.05) is 0 Å². The molecule has 5 nitrogen and oxygen atoms in total. The molecule has 2 aliphatic heterocycles. The Hall–Kier alpha value is -0.170. The van der Waals surface area contributed by atoms with Gasteiger partial charge in [0.25, 0.3) is 0 Å². The number of nitrogens with one attached hydrogen (secondary N) is 1. The largest absolute Gasteiger partial charge is 0.390 e. The van der Waals surface area contributed by atoms with Crippen molar-refractivity contribution in [2.75, 3.05) is 31.1 Å². The van der Waals surface area contributed by atoms with Crippen molar-refractivity contribution in [1.82, 2.24) is 10.2 Å². The minimum Gasteiger partial charge on any atom is -0.390 e. The number of nitrogens with zero attached hydrogens (tertiary/aromatic N) is 1. The molecule has 0 bridgehead atoms. The maximum atomic E-state index is 11.4. The highest BCUT2D eigenvalue weighted by molar-refractivity contribution is 7.91. The van der Waals surface area contributed by atoms with Gasteiger partial charge in [-0.15, -0.1) is 0 Å². The molecule has 2 rings (SSSR count). The Morgan fingerprint density at radius 1 is 1.40 bits per heavy atom. The van der Waals surface area contributed by atoms with Gasteiger partial charge in [-0.25, -0.2) is 8.42 Å². The summed E-state index contributed by atoms with van der Waals surface area (Å²) in [5, 5.41) is 13.0. The van der Waals surface area contributed by atoms with E-state index in [2.05, 4.69) is 17.1 Å². The van der Waals surface area contributed by atoms with Crippen LogP contribution in [0, 0.1) is 0 Å². The Balaban J connectivity index is 2.04. The van der Waals surface area contributed by atoms with Gasteiger partial charge in [0.05, 0.1) is 23.7 Å². The lowest BCUT2D eigenvalue weighted by atomic mass is 10.1. The van der Waals surface area contributed by atoms with Crippen molar-refractivity contribution in [2.45, 2.75) is 25.1 Å². The minimum atomic E-state index is -3.02. The molecule has 2 aliphatic rings. The van der Waals surface area contributed by atoms with Crippen LogP contribution in [0.15, 0.2) is 0 Å². The molecule has 0 amide bonds. The average Bonchev–Trinajstić information content (AvgIpc) is 2.40. The second-order valence-corrected chi connectivity index (χ2v) is 6.72. The third kappa shape index (κ3) is 2.50. The Labute approximate surface area is 90.4 Å². The van der Waals surface area contributed by atoms with E-state index in [1.54, 1.807) is 0 Å². The molecule has 2 unspecified atom stereocenters. The molecule has 6 heteroatoms. The second kappa shape index (κ2) is 4.01. The predicted molar refractivity (Wildman–Crippen MR) is 57.5 cm³/mol. The molecule has 0 aliphatic carbocycles. The number of hydrogen-bond donors (Lipinski definition) is 2. The van der Waals surface area contributed by atoms with E-state index >= 15 is 0 Å². The summed E-state index contributed by atoms with van der Waals surface area (Å²) in [7, 11) is -3.02. The number of piperazine rings is 1. The van der Waals surface area contributed by atoms with Crippen LogP contribution in [0.25, 0.3) is 0 Å². The van der Waals surface area contributed by atoms with Crippen molar-refractivity contribution in [2.24, 2.45) is 0 Å². The number of aliphatic hydroxyl groups is 1. The van der Waals surface area contributed by atoms with Gasteiger partial charge in [-0.2, -0.15) is 0 Å². The average molecular weight is 234 g/mol. The Morgan fingerprint density at radius 3 is 2.67 bits per heavy atom. The van der Waals surface area contributed by atoms with Crippen molar-refractivity contribution < 1.29 is 13.5 Å². The van der Waals surface area contributed by atoms with E-state index in [1.165, 1.54) is 0 Å². The molecular formula is C9H18N2O3S. The van der Waals surface area contributed by atoms with E-state index < -0.39 is 15.9 Å². The van der Waals surface area contributed by atoms with Crippen LogP contribution in [0.5, 0.6) is 0 Å². The number of sulfone groups is 1. The first-order valence-corrected chi connectivity index (χ1v) is 7.16. The number of hydrogen-bond acceptors (Lipinski definition) is 5. The van der Waals surface area contributed by atoms with Gasteiger partial charge >= 0.3 is 0 Å². The molecule has 15 heavy (non-hydrogen) atoms. The standard InChI is InChI=1S/C9H18N2O3S/c1-7-4-11(3-2-10-7)8-5-15(13,14)6-9(8)12/h7-10,12H,2-6H2,1H3/t7-,8?,9?/m0/s1. The first-order valence-electron chi connectivity index (χ1n) is 5.34. The zero-order chi connectivity index (χ0) is 11.1. The first-order chi connectivity index (χ1) is 6.98. The zero-order valence-electron chi connectivity index (χ0n) is 8.89. The lowest BCUT2D eigenvalue weighted by Gasteiger charge is -2.36. The second-order valence-electron chi connectivity index (χ2n) is 4.56. The van der Waals surface area contributed by atoms with Crippen LogP contribution >= 0.6 is 0 Å². The quantitative estimate of drug-likeness (QED) is 0.574. The van der Waals surface area contributed by atoms with E-state index in [9.17, 15) is 13.5 Å². The van der Waals surface area contributed by atoms with E-state index in [0.717, 1.165) is 19.6 Å². The summed E-state index contributed by atoms with van der Waals surface area (Å²) in [6.45, 7) is 4.57. The maximum absolute atomic E-state index is 11.4. The summed E-state index contributed by atoms with van der Waals surface area (Å²) >= 11 is 0. The molecule has 0 aromatic carbocycles. The molecular weight excluding hydrogens is 216 g/mol. The SMILES string of the molecule is C[C@H]1CN(C2CS(=O)(=O)CC2O)CCN1. The Kier molecular flexibility index (Phi) is 3.03. The van der Waals surface area contributed by atoms with Gasteiger partial charge in [0.15, 0.2) is 9.84 Å². The molecule has 0 saturated carbocycles. The highest BCUT2D eigenvalue weighted by Gasteiger charge is 2.40.